The van der Waals surface area contributed by atoms with Crippen molar-refractivity contribution in [3.63, 3.8) is 0 Å². The lowest BCUT2D eigenvalue weighted by Gasteiger charge is -2.26. The van der Waals surface area contributed by atoms with Crippen molar-refractivity contribution in [2.24, 2.45) is 11.1 Å². The van der Waals surface area contributed by atoms with Crippen LogP contribution in [0.5, 0.6) is 0 Å². The molecule has 0 bridgehead atoms. The highest BCUT2D eigenvalue weighted by Crippen LogP contribution is 2.21. The molecule has 0 rings (SSSR count). The fraction of sp³-hybridized carbons (Fsp3) is 1.00. The van der Waals surface area contributed by atoms with E-state index in [2.05, 4.69) is 0 Å². The summed E-state index contributed by atoms with van der Waals surface area (Å²) in [6.45, 7) is 3.70. The van der Waals surface area contributed by atoms with Gasteiger partial charge in [-0.05, 0) is 6.42 Å². The SMILES string of the molecule is CC(C)(CCO)C(N)O. The fourth-order valence-corrected chi connectivity index (χ4v) is 0.436. The molecule has 3 nitrogen and oxygen atoms in total. The van der Waals surface area contributed by atoms with Crippen LogP contribution in [0.3, 0.4) is 0 Å². The molecule has 0 aliphatic heterocycles. The van der Waals surface area contributed by atoms with Crippen LogP contribution in [0.2, 0.25) is 0 Å². The predicted octanol–water partition coefficient (Wildman–Crippen LogP) is -0.328. The van der Waals surface area contributed by atoms with Gasteiger partial charge in [0.15, 0.2) is 0 Å². The smallest absolute Gasteiger partial charge is 0.107 e. The van der Waals surface area contributed by atoms with Crippen molar-refractivity contribution >= 4 is 0 Å². The summed E-state index contributed by atoms with van der Waals surface area (Å²) in [5, 5.41) is 17.4. The van der Waals surface area contributed by atoms with E-state index in [-0.39, 0.29) is 12.0 Å². The van der Waals surface area contributed by atoms with Crippen molar-refractivity contribution in [3.8, 4) is 0 Å². The zero-order chi connectivity index (χ0) is 7.49. The second-order valence-corrected chi connectivity index (χ2v) is 2.91. The molecule has 0 fully saturated rings. The van der Waals surface area contributed by atoms with Crippen LogP contribution in [0.1, 0.15) is 20.3 Å². The standard InChI is InChI=1S/C6H15NO2/c1-6(2,3-4-8)5(7)9/h5,8-9H,3-4,7H2,1-2H3. The van der Waals surface area contributed by atoms with Crippen LogP contribution < -0.4 is 5.73 Å². The fourth-order valence-electron chi connectivity index (χ4n) is 0.436. The Bertz CT molecular complexity index is 81.1. The summed E-state index contributed by atoms with van der Waals surface area (Å²) in [6, 6.07) is 0. The summed E-state index contributed by atoms with van der Waals surface area (Å²) in [5.41, 5.74) is 4.83. The average molecular weight is 133 g/mol. The molecule has 0 aromatic carbocycles. The molecule has 0 radical (unpaired) electrons. The largest absolute Gasteiger partial charge is 0.396 e. The molecule has 1 atom stereocenters. The first kappa shape index (κ1) is 8.88. The Hall–Kier alpha value is -0.120. The molecule has 0 aliphatic rings. The van der Waals surface area contributed by atoms with E-state index in [0.29, 0.717) is 6.42 Å². The molecule has 0 heterocycles. The quantitative estimate of drug-likeness (QED) is 0.462. The third kappa shape index (κ3) is 2.79. The Kier molecular flexibility index (Phi) is 3.11. The van der Waals surface area contributed by atoms with Crippen molar-refractivity contribution in [2.45, 2.75) is 26.5 Å². The molecule has 1 unspecified atom stereocenters. The summed E-state index contributed by atoms with van der Waals surface area (Å²) in [6.07, 6.45) is -0.311. The van der Waals surface area contributed by atoms with E-state index >= 15 is 0 Å². The van der Waals surface area contributed by atoms with Crippen LogP contribution >= 0.6 is 0 Å². The van der Waals surface area contributed by atoms with Gasteiger partial charge in [-0.25, -0.2) is 0 Å². The van der Waals surface area contributed by atoms with Gasteiger partial charge in [0.25, 0.3) is 0 Å². The molecule has 56 valence electrons. The topological polar surface area (TPSA) is 66.5 Å². The summed E-state index contributed by atoms with van der Waals surface area (Å²) in [5.74, 6) is 0. The number of rotatable bonds is 3. The van der Waals surface area contributed by atoms with E-state index in [1.807, 2.05) is 13.8 Å². The normalized spacial score (nSPS) is 15.7. The van der Waals surface area contributed by atoms with Crippen molar-refractivity contribution in [1.82, 2.24) is 0 Å². The average Bonchev–Trinajstić information content (AvgIpc) is 1.65. The molecule has 0 aliphatic carbocycles. The maximum absolute atomic E-state index is 8.88. The maximum atomic E-state index is 8.88. The Morgan fingerprint density at radius 3 is 2.11 bits per heavy atom. The molecule has 0 saturated carbocycles. The van der Waals surface area contributed by atoms with E-state index in [9.17, 15) is 0 Å². The number of hydrogen-bond acceptors (Lipinski definition) is 3. The Morgan fingerprint density at radius 2 is 2.00 bits per heavy atom. The highest BCUT2D eigenvalue weighted by molar-refractivity contribution is 4.72. The number of aliphatic hydroxyl groups excluding tert-OH is 2. The second-order valence-electron chi connectivity index (χ2n) is 2.91. The monoisotopic (exact) mass is 133 g/mol. The van der Waals surface area contributed by atoms with E-state index in [1.54, 1.807) is 0 Å². The van der Waals surface area contributed by atoms with Crippen LogP contribution in [0, 0.1) is 5.41 Å². The van der Waals surface area contributed by atoms with Gasteiger partial charge in [-0.3, -0.25) is 0 Å². The summed E-state index contributed by atoms with van der Waals surface area (Å²) in [7, 11) is 0. The summed E-state index contributed by atoms with van der Waals surface area (Å²) < 4.78 is 0. The predicted molar refractivity (Wildman–Crippen MR) is 35.7 cm³/mol. The third-order valence-electron chi connectivity index (χ3n) is 1.56. The van der Waals surface area contributed by atoms with Crippen LogP contribution in [0.25, 0.3) is 0 Å². The molecule has 0 aromatic rings. The molecular formula is C6H15NO2. The summed E-state index contributed by atoms with van der Waals surface area (Å²) in [4.78, 5) is 0. The number of aliphatic hydroxyl groups is 2. The van der Waals surface area contributed by atoms with Gasteiger partial charge in [0.2, 0.25) is 0 Å². The lowest BCUT2D eigenvalue weighted by atomic mass is 9.88. The Balaban J connectivity index is 3.70. The van der Waals surface area contributed by atoms with Gasteiger partial charge in [-0.15, -0.1) is 0 Å². The molecule has 0 amide bonds. The van der Waals surface area contributed by atoms with E-state index in [0.717, 1.165) is 0 Å². The zero-order valence-electron chi connectivity index (χ0n) is 5.96. The van der Waals surface area contributed by atoms with E-state index < -0.39 is 6.23 Å². The van der Waals surface area contributed by atoms with E-state index in [4.69, 9.17) is 15.9 Å². The molecule has 4 N–H and O–H groups in total. The van der Waals surface area contributed by atoms with Gasteiger partial charge >= 0.3 is 0 Å². The van der Waals surface area contributed by atoms with Crippen molar-refractivity contribution in [1.29, 1.82) is 0 Å². The molecule has 0 aromatic heterocycles. The first-order valence-electron chi connectivity index (χ1n) is 3.05. The molecular weight excluding hydrogens is 118 g/mol. The first-order chi connectivity index (χ1) is 4.00. The molecule has 0 saturated heterocycles. The van der Waals surface area contributed by atoms with Crippen molar-refractivity contribution in [2.75, 3.05) is 6.61 Å². The van der Waals surface area contributed by atoms with Crippen LogP contribution in [-0.2, 0) is 0 Å². The van der Waals surface area contributed by atoms with Gasteiger partial charge in [-0.2, -0.15) is 0 Å². The van der Waals surface area contributed by atoms with Gasteiger partial charge in [0.05, 0.1) is 0 Å². The zero-order valence-corrected chi connectivity index (χ0v) is 5.96. The van der Waals surface area contributed by atoms with Crippen molar-refractivity contribution < 1.29 is 10.2 Å². The minimum Gasteiger partial charge on any atom is -0.396 e. The Morgan fingerprint density at radius 1 is 1.56 bits per heavy atom. The highest BCUT2D eigenvalue weighted by Gasteiger charge is 2.23. The van der Waals surface area contributed by atoms with Gasteiger partial charge in [-0.1, -0.05) is 13.8 Å². The lowest BCUT2D eigenvalue weighted by molar-refractivity contribution is 0.0367. The summed E-state index contributed by atoms with van der Waals surface area (Å²) >= 11 is 0. The molecule has 0 spiro atoms. The number of hydrogen-bond donors (Lipinski definition) is 3. The lowest BCUT2D eigenvalue weighted by Crippen LogP contribution is -2.37. The minimum atomic E-state index is -0.843. The second kappa shape index (κ2) is 3.15. The Labute approximate surface area is 55.5 Å². The van der Waals surface area contributed by atoms with Gasteiger partial charge < -0.3 is 15.9 Å². The van der Waals surface area contributed by atoms with E-state index in [1.165, 1.54) is 0 Å². The van der Waals surface area contributed by atoms with Crippen molar-refractivity contribution in [3.05, 3.63) is 0 Å². The molecule has 9 heavy (non-hydrogen) atoms. The van der Waals surface area contributed by atoms with Gasteiger partial charge in [0.1, 0.15) is 6.23 Å². The number of nitrogens with two attached hydrogens (primary N) is 1. The minimum absolute atomic E-state index is 0.0707. The van der Waals surface area contributed by atoms with Crippen LogP contribution in [-0.4, -0.2) is 23.0 Å². The highest BCUT2D eigenvalue weighted by atomic mass is 16.3. The maximum Gasteiger partial charge on any atom is 0.107 e. The molecule has 3 heteroatoms. The van der Waals surface area contributed by atoms with Crippen LogP contribution in [0.4, 0.5) is 0 Å². The first-order valence-corrected chi connectivity index (χ1v) is 3.05. The third-order valence-corrected chi connectivity index (χ3v) is 1.56. The van der Waals surface area contributed by atoms with Gasteiger partial charge in [0, 0.05) is 12.0 Å². The van der Waals surface area contributed by atoms with Crippen LogP contribution in [0.15, 0.2) is 0 Å².